The van der Waals surface area contributed by atoms with Crippen LogP contribution in [0, 0.1) is 5.82 Å². The first-order valence-corrected chi connectivity index (χ1v) is 6.36. The highest BCUT2D eigenvalue weighted by atomic mass is 19.1. The molecule has 98 valence electrons. The largest absolute Gasteiger partial charge is 0.381 e. The number of halogens is 1. The summed E-state index contributed by atoms with van der Waals surface area (Å²) in [5.41, 5.74) is 0.597. The van der Waals surface area contributed by atoms with Crippen molar-refractivity contribution >= 4 is 5.91 Å². The van der Waals surface area contributed by atoms with Crippen LogP contribution in [-0.2, 0) is 16.0 Å². The summed E-state index contributed by atoms with van der Waals surface area (Å²) >= 11 is 0. The number of rotatable bonds is 4. The van der Waals surface area contributed by atoms with E-state index in [4.69, 9.17) is 4.74 Å². The Morgan fingerprint density at radius 2 is 2.06 bits per heavy atom. The fourth-order valence-corrected chi connectivity index (χ4v) is 2.09. The van der Waals surface area contributed by atoms with Gasteiger partial charge in [-0.05, 0) is 30.9 Å². The van der Waals surface area contributed by atoms with Gasteiger partial charge in [-0.1, -0.05) is 18.2 Å². The van der Waals surface area contributed by atoms with Gasteiger partial charge in [0.1, 0.15) is 5.82 Å². The van der Waals surface area contributed by atoms with E-state index in [9.17, 15) is 9.18 Å². The molecular formula is C14H18FNO2. The number of aryl methyl sites for hydroxylation is 1. The smallest absolute Gasteiger partial charge is 0.220 e. The lowest BCUT2D eigenvalue weighted by molar-refractivity contribution is -0.122. The van der Waals surface area contributed by atoms with Gasteiger partial charge >= 0.3 is 0 Å². The van der Waals surface area contributed by atoms with E-state index < -0.39 is 0 Å². The van der Waals surface area contributed by atoms with Crippen LogP contribution in [0.4, 0.5) is 4.39 Å². The first kappa shape index (κ1) is 13.0. The number of ether oxygens (including phenoxy) is 1. The summed E-state index contributed by atoms with van der Waals surface area (Å²) in [4.78, 5) is 11.7. The lowest BCUT2D eigenvalue weighted by Gasteiger charge is -2.23. The van der Waals surface area contributed by atoms with E-state index >= 15 is 0 Å². The van der Waals surface area contributed by atoms with Gasteiger partial charge in [-0.2, -0.15) is 0 Å². The fourth-order valence-electron chi connectivity index (χ4n) is 2.09. The molecule has 1 aromatic carbocycles. The molecule has 1 N–H and O–H groups in total. The number of nitrogens with one attached hydrogen (secondary N) is 1. The van der Waals surface area contributed by atoms with Crippen LogP contribution in [0.1, 0.15) is 24.8 Å². The van der Waals surface area contributed by atoms with Crippen molar-refractivity contribution in [2.75, 3.05) is 13.2 Å². The quantitative estimate of drug-likeness (QED) is 0.889. The Hall–Kier alpha value is -1.42. The summed E-state index contributed by atoms with van der Waals surface area (Å²) in [5, 5.41) is 2.97. The molecule has 1 fully saturated rings. The average Bonchev–Trinajstić information content (AvgIpc) is 2.39. The summed E-state index contributed by atoms with van der Waals surface area (Å²) in [7, 11) is 0. The third kappa shape index (κ3) is 3.81. The van der Waals surface area contributed by atoms with Crippen molar-refractivity contribution in [2.24, 2.45) is 0 Å². The first-order valence-electron chi connectivity index (χ1n) is 6.36. The highest BCUT2D eigenvalue weighted by molar-refractivity contribution is 5.76. The maximum absolute atomic E-state index is 13.4. The van der Waals surface area contributed by atoms with Crippen molar-refractivity contribution in [1.29, 1.82) is 0 Å². The van der Waals surface area contributed by atoms with Gasteiger partial charge in [0.25, 0.3) is 0 Å². The molecule has 1 aliphatic rings. The van der Waals surface area contributed by atoms with Crippen molar-refractivity contribution in [2.45, 2.75) is 31.7 Å². The molecule has 3 nitrogen and oxygen atoms in total. The van der Waals surface area contributed by atoms with E-state index in [0.717, 1.165) is 12.8 Å². The maximum atomic E-state index is 13.4. The molecule has 18 heavy (non-hydrogen) atoms. The van der Waals surface area contributed by atoms with Crippen LogP contribution in [-0.4, -0.2) is 25.2 Å². The van der Waals surface area contributed by atoms with Crippen LogP contribution in [0.2, 0.25) is 0 Å². The zero-order valence-electron chi connectivity index (χ0n) is 10.3. The van der Waals surface area contributed by atoms with Gasteiger partial charge in [-0.25, -0.2) is 4.39 Å². The molecule has 4 heteroatoms. The topological polar surface area (TPSA) is 38.3 Å². The Labute approximate surface area is 106 Å². The molecule has 1 amide bonds. The molecule has 0 saturated carbocycles. The van der Waals surface area contributed by atoms with E-state index in [-0.39, 0.29) is 17.8 Å². The minimum atomic E-state index is -0.239. The lowest BCUT2D eigenvalue weighted by Crippen LogP contribution is -2.38. The van der Waals surface area contributed by atoms with Gasteiger partial charge in [-0.3, -0.25) is 4.79 Å². The zero-order valence-corrected chi connectivity index (χ0v) is 10.3. The molecule has 1 aliphatic heterocycles. The van der Waals surface area contributed by atoms with E-state index in [1.54, 1.807) is 18.2 Å². The maximum Gasteiger partial charge on any atom is 0.220 e. The first-order chi connectivity index (χ1) is 8.75. The molecule has 2 rings (SSSR count). The molecule has 0 bridgehead atoms. The van der Waals surface area contributed by atoms with Crippen LogP contribution in [0.25, 0.3) is 0 Å². The zero-order chi connectivity index (χ0) is 12.8. The third-order valence-corrected chi connectivity index (χ3v) is 3.17. The van der Waals surface area contributed by atoms with Gasteiger partial charge in [-0.15, -0.1) is 0 Å². The van der Waals surface area contributed by atoms with Crippen LogP contribution in [0.5, 0.6) is 0 Å². The predicted octanol–water partition coefficient (Wildman–Crippen LogP) is 2.05. The number of carbonyl (C=O) groups excluding carboxylic acids is 1. The van der Waals surface area contributed by atoms with E-state index in [2.05, 4.69) is 5.32 Å². The van der Waals surface area contributed by atoms with E-state index in [0.29, 0.717) is 31.6 Å². The standard InChI is InChI=1S/C14H18FNO2/c15-13-4-2-1-3-11(13)5-6-14(17)16-12-7-9-18-10-8-12/h1-4,12H,5-10H2,(H,16,17). The monoisotopic (exact) mass is 251 g/mol. The average molecular weight is 251 g/mol. The van der Waals surface area contributed by atoms with Crippen molar-refractivity contribution in [3.8, 4) is 0 Å². The van der Waals surface area contributed by atoms with Gasteiger partial charge in [0.15, 0.2) is 0 Å². The molecule has 0 spiro atoms. The van der Waals surface area contributed by atoms with Crippen LogP contribution >= 0.6 is 0 Å². The Balaban J connectivity index is 1.76. The molecule has 1 heterocycles. The van der Waals surface area contributed by atoms with Crippen LogP contribution in [0.15, 0.2) is 24.3 Å². The van der Waals surface area contributed by atoms with Crippen molar-refractivity contribution in [3.05, 3.63) is 35.6 Å². The van der Waals surface area contributed by atoms with Crippen LogP contribution < -0.4 is 5.32 Å². The van der Waals surface area contributed by atoms with Crippen molar-refractivity contribution in [1.82, 2.24) is 5.32 Å². The summed E-state index contributed by atoms with van der Waals surface area (Å²) < 4.78 is 18.6. The number of hydrogen-bond donors (Lipinski definition) is 1. The highest BCUT2D eigenvalue weighted by Crippen LogP contribution is 2.10. The van der Waals surface area contributed by atoms with E-state index in [1.807, 2.05) is 0 Å². The minimum absolute atomic E-state index is 0.00912. The normalized spacial score (nSPS) is 16.5. The lowest BCUT2D eigenvalue weighted by atomic mass is 10.1. The van der Waals surface area contributed by atoms with Crippen LogP contribution in [0.3, 0.4) is 0 Å². The summed E-state index contributed by atoms with van der Waals surface area (Å²) in [6.07, 6.45) is 2.51. The fraction of sp³-hybridized carbons (Fsp3) is 0.500. The molecule has 1 saturated heterocycles. The third-order valence-electron chi connectivity index (χ3n) is 3.17. The number of benzene rings is 1. The highest BCUT2D eigenvalue weighted by Gasteiger charge is 2.16. The van der Waals surface area contributed by atoms with Gasteiger partial charge in [0.05, 0.1) is 0 Å². The predicted molar refractivity (Wildman–Crippen MR) is 66.7 cm³/mol. The van der Waals surface area contributed by atoms with Gasteiger partial charge in [0, 0.05) is 25.7 Å². The number of carbonyl (C=O) groups is 1. The second kappa shape index (κ2) is 6.50. The Bertz CT molecular complexity index is 403. The van der Waals surface area contributed by atoms with Crippen molar-refractivity contribution in [3.63, 3.8) is 0 Å². The molecular weight excluding hydrogens is 233 g/mol. The summed E-state index contributed by atoms with van der Waals surface area (Å²) in [6.45, 7) is 1.41. The van der Waals surface area contributed by atoms with Gasteiger partial charge < -0.3 is 10.1 Å². The van der Waals surface area contributed by atoms with Crippen molar-refractivity contribution < 1.29 is 13.9 Å². The SMILES string of the molecule is O=C(CCc1ccccc1F)NC1CCOCC1. The molecule has 1 aromatic rings. The number of hydrogen-bond acceptors (Lipinski definition) is 2. The molecule has 0 atom stereocenters. The molecule has 0 radical (unpaired) electrons. The number of amides is 1. The minimum Gasteiger partial charge on any atom is -0.381 e. The second-order valence-electron chi connectivity index (χ2n) is 4.55. The molecule has 0 aromatic heterocycles. The Kier molecular flexibility index (Phi) is 4.70. The second-order valence-corrected chi connectivity index (χ2v) is 4.55. The molecule has 0 aliphatic carbocycles. The summed E-state index contributed by atoms with van der Waals surface area (Å²) in [6, 6.07) is 6.80. The Morgan fingerprint density at radius 3 is 2.78 bits per heavy atom. The molecule has 0 unspecified atom stereocenters. The summed E-state index contributed by atoms with van der Waals surface area (Å²) in [5.74, 6) is -0.249. The Morgan fingerprint density at radius 1 is 1.33 bits per heavy atom. The van der Waals surface area contributed by atoms with Gasteiger partial charge in [0.2, 0.25) is 5.91 Å². The van der Waals surface area contributed by atoms with E-state index in [1.165, 1.54) is 6.07 Å².